The predicted molar refractivity (Wildman–Crippen MR) is 53.9 cm³/mol. The van der Waals surface area contributed by atoms with Gasteiger partial charge in [0.05, 0.1) is 10.6 Å². The van der Waals surface area contributed by atoms with E-state index in [1.165, 1.54) is 12.8 Å². The highest BCUT2D eigenvalue weighted by Gasteiger charge is 2.40. The number of aromatic nitrogens is 1. The molecule has 1 aliphatic rings. The van der Waals surface area contributed by atoms with Crippen LogP contribution in [-0.2, 0) is 6.42 Å². The molecule has 72 valence electrons. The first-order valence-electron chi connectivity index (χ1n) is 4.71. The van der Waals surface area contributed by atoms with Crippen molar-refractivity contribution in [2.24, 2.45) is 5.92 Å². The molecule has 1 fully saturated rings. The minimum atomic E-state index is -0.524. The molecule has 0 aromatic carbocycles. The van der Waals surface area contributed by atoms with E-state index in [9.17, 15) is 5.11 Å². The number of nitrogens with zero attached hydrogens (tertiary/aromatic N) is 1. The third kappa shape index (κ3) is 2.09. The minimum absolute atomic E-state index is 0.511. The van der Waals surface area contributed by atoms with E-state index < -0.39 is 5.60 Å². The quantitative estimate of drug-likeness (QED) is 0.805. The first-order chi connectivity index (χ1) is 6.08. The molecule has 0 spiro atoms. The van der Waals surface area contributed by atoms with Crippen molar-refractivity contribution in [2.45, 2.75) is 38.7 Å². The molecule has 1 aromatic rings. The van der Waals surface area contributed by atoms with Gasteiger partial charge in [-0.3, -0.25) is 0 Å². The maximum atomic E-state index is 10.1. The van der Waals surface area contributed by atoms with Crippen molar-refractivity contribution in [2.75, 3.05) is 0 Å². The Morgan fingerprint density at radius 3 is 2.85 bits per heavy atom. The molecule has 1 N–H and O–H groups in total. The van der Waals surface area contributed by atoms with Gasteiger partial charge < -0.3 is 5.11 Å². The van der Waals surface area contributed by atoms with Crippen LogP contribution in [0.3, 0.4) is 0 Å². The standard InChI is InChI=1S/C10H15NOS/c1-7-6-13-9(11-7)5-10(2,12)8-3-4-8/h6,8,12H,3-5H2,1-2H3. The van der Waals surface area contributed by atoms with Crippen molar-refractivity contribution < 1.29 is 5.11 Å². The minimum Gasteiger partial charge on any atom is -0.389 e. The predicted octanol–water partition coefficient (Wildman–Crippen LogP) is 2.16. The number of thiazole rings is 1. The fourth-order valence-electron chi connectivity index (χ4n) is 1.64. The second-order valence-electron chi connectivity index (χ2n) is 4.19. The Kier molecular flexibility index (Phi) is 2.16. The molecule has 3 heteroatoms. The van der Waals surface area contributed by atoms with E-state index in [0.29, 0.717) is 5.92 Å². The van der Waals surface area contributed by atoms with E-state index >= 15 is 0 Å². The van der Waals surface area contributed by atoms with Crippen LogP contribution in [0.4, 0.5) is 0 Å². The molecule has 13 heavy (non-hydrogen) atoms. The Bertz CT molecular complexity index is 302. The third-order valence-corrected chi connectivity index (χ3v) is 3.60. The molecule has 0 bridgehead atoms. The van der Waals surface area contributed by atoms with Gasteiger partial charge in [-0.25, -0.2) is 4.98 Å². The van der Waals surface area contributed by atoms with E-state index in [1.807, 2.05) is 19.2 Å². The van der Waals surface area contributed by atoms with Gasteiger partial charge in [0.2, 0.25) is 0 Å². The van der Waals surface area contributed by atoms with E-state index in [0.717, 1.165) is 17.1 Å². The van der Waals surface area contributed by atoms with Gasteiger partial charge >= 0.3 is 0 Å². The smallest absolute Gasteiger partial charge is 0.0956 e. The monoisotopic (exact) mass is 197 g/mol. The Labute approximate surface area is 82.6 Å². The van der Waals surface area contributed by atoms with Gasteiger partial charge in [0.25, 0.3) is 0 Å². The van der Waals surface area contributed by atoms with Crippen LogP contribution in [0.2, 0.25) is 0 Å². The van der Waals surface area contributed by atoms with Crippen molar-refractivity contribution in [3.63, 3.8) is 0 Å². The number of hydrogen-bond acceptors (Lipinski definition) is 3. The van der Waals surface area contributed by atoms with Crippen LogP contribution in [0, 0.1) is 12.8 Å². The van der Waals surface area contributed by atoms with Crippen LogP contribution in [0.15, 0.2) is 5.38 Å². The van der Waals surface area contributed by atoms with E-state index in [1.54, 1.807) is 11.3 Å². The van der Waals surface area contributed by atoms with Crippen molar-refractivity contribution in [3.8, 4) is 0 Å². The van der Waals surface area contributed by atoms with E-state index in [4.69, 9.17) is 0 Å². The van der Waals surface area contributed by atoms with E-state index in [2.05, 4.69) is 4.98 Å². The molecule has 2 nitrogen and oxygen atoms in total. The third-order valence-electron chi connectivity index (χ3n) is 2.63. The average Bonchev–Trinajstić information content (AvgIpc) is 2.78. The lowest BCUT2D eigenvalue weighted by molar-refractivity contribution is 0.0371. The van der Waals surface area contributed by atoms with E-state index in [-0.39, 0.29) is 0 Å². The van der Waals surface area contributed by atoms with Crippen LogP contribution >= 0.6 is 11.3 Å². The Balaban J connectivity index is 2.04. The summed E-state index contributed by atoms with van der Waals surface area (Å²) in [6, 6.07) is 0. The van der Waals surface area contributed by atoms with Crippen LogP contribution < -0.4 is 0 Å². The molecular formula is C10H15NOS. The fourth-order valence-corrected chi connectivity index (χ4v) is 2.57. The van der Waals surface area contributed by atoms with Crippen molar-refractivity contribution in [1.29, 1.82) is 0 Å². The molecule has 0 radical (unpaired) electrons. The van der Waals surface area contributed by atoms with Gasteiger partial charge in [-0.05, 0) is 32.6 Å². The van der Waals surface area contributed by atoms with Crippen molar-refractivity contribution >= 4 is 11.3 Å². The lowest BCUT2D eigenvalue weighted by Crippen LogP contribution is -2.29. The fraction of sp³-hybridized carbons (Fsp3) is 0.700. The summed E-state index contributed by atoms with van der Waals surface area (Å²) >= 11 is 1.65. The normalized spacial score (nSPS) is 21.5. The Morgan fingerprint density at radius 1 is 1.69 bits per heavy atom. The molecule has 1 aromatic heterocycles. The summed E-state index contributed by atoms with van der Waals surface area (Å²) in [5, 5.41) is 13.2. The van der Waals surface area contributed by atoms with Crippen LogP contribution in [0.25, 0.3) is 0 Å². The van der Waals surface area contributed by atoms with Crippen LogP contribution in [0.1, 0.15) is 30.5 Å². The molecule has 1 aliphatic carbocycles. The molecular weight excluding hydrogens is 182 g/mol. The van der Waals surface area contributed by atoms with Crippen LogP contribution in [-0.4, -0.2) is 15.7 Å². The first-order valence-corrected chi connectivity index (χ1v) is 5.59. The van der Waals surface area contributed by atoms with Crippen molar-refractivity contribution in [1.82, 2.24) is 4.98 Å². The number of aryl methyl sites for hydroxylation is 1. The maximum absolute atomic E-state index is 10.1. The maximum Gasteiger partial charge on any atom is 0.0956 e. The second-order valence-corrected chi connectivity index (χ2v) is 5.13. The zero-order valence-corrected chi connectivity index (χ0v) is 8.90. The zero-order valence-electron chi connectivity index (χ0n) is 8.08. The Morgan fingerprint density at radius 2 is 2.38 bits per heavy atom. The summed E-state index contributed by atoms with van der Waals surface area (Å²) in [4.78, 5) is 4.36. The van der Waals surface area contributed by atoms with Gasteiger partial charge in [0.15, 0.2) is 0 Å². The SMILES string of the molecule is Cc1csc(CC(C)(O)C2CC2)n1. The molecule has 1 atom stereocenters. The van der Waals surface area contributed by atoms with Gasteiger partial charge in [0.1, 0.15) is 0 Å². The second kappa shape index (κ2) is 3.07. The summed E-state index contributed by atoms with van der Waals surface area (Å²) in [6.07, 6.45) is 3.07. The molecule has 0 saturated heterocycles. The molecule has 0 aliphatic heterocycles. The lowest BCUT2D eigenvalue weighted by atomic mass is 9.97. The van der Waals surface area contributed by atoms with Gasteiger partial charge in [0, 0.05) is 17.5 Å². The summed E-state index contributed by atoms with van der Waals surface area (Å²) in [5.74, 6) is 0.511. The number of rotatable bonds is 3. The molecule has 0 amide bonds. The molecule has 1 saturated carbocycles. The van der Waals surface area contributed by atoms with Crippen LogP contribution in [0.5, 0.6) is 0 Å². The average molecular weight is 197 g/mol. The largest absolute Gasteiger partial charge is 0.389 e. The highest BCUT2D eigenvalue weighted by Crippen LogP contribution is 2.41. The number of aliphatic hydroxyl groups is 1. The summed E-state index contributed by atoms with van der Waals surface area (Å²) < 4.78 is 0. The highest BCUT2D eigenvalue weighted by atomic mass is 32.1. The molecule has 2 rings (SSSR count). The Hall–Kier alpha value is -0.410. The summed E-state index contributed by atoms with van der Waals surface area (Å²) in [6.45, 7) is 3.92. The molecule has 1 unspecified atom stereocenters. The van der Waals surface area contributed by atoms with Gasteiger partial charge in [-0.2, -0.15) is 0 Å². The first kappa shape index (κ1) is 9.16. The highest BCUT2D eigenvalue weighted by molar-refractivity contribution is 7.09. The molecule has 1 heterocycles. The zero-order chi connectivity index (χ0) is 9.47. The van der Waals surface area contributed by atoms with Gasteiger partial charge in [-0.1, -0.05) is 0 Å². The summed E-state index contributed by atoms with van der Waals surface area (Å²) in [7, 11) is 0. The van der Waals surface area contributed by atoms with Crippen molar-refractivity contribution in [3.05, 3.63) is 16.1 Å². The lowest BCUT2D eigenvalue weighted by Gasteiger charge is -2.21. The topological polar surface area (TPSA) is 33.1 Å². The summed E-state index contributed by atoms with van der Waals surface area (Å²) in [5.41, 5.74) is 0.538. The van der Waals surface area contributed by atoms with Gasteiger partial charge in [-0.15, -0.1) is 11.3 Å². The number of hydrogen-bond donors (Lipinski definition) is 1.